The number of nitrogens with one attached hydrogen (secondary N) is 1. The molecule has 0 fully saturated rings. The van der Waals surface area contributed by atoms with Crippen LogP contribution in [0.25, 0.3) is 0 Å². The van der Waals surface area contributed by atoms with Crippen molar-refractivity contribution in [1.29, 1.82) is 0 Å². The summed E-state index contributed by atoms with van der Waals surface area (Å²) >= 11 is 2.39. The number of carbonyl (C=O) groups is 3. The predicted molar refractivity (Wildman–Crippen MR) is 386 cm³/mol. The van der Waals surface area contributed by atoms with Crippen LogP contribution >= 0.6 is 22.6 Å². The normalized spacial score (nSPS) is 12.9. The number of esters is 2. The van der Waals surface area contributed by atoms with Crippen LogP contribution in [0.4, 0.5) is 0 Å². The number of benzene rings is 8. The second-order valence-electron chi connectivity index (χ2n) is 23.0. The van der Waals surface area contributed by atoms with Crippen LogP contribution in [0.3, 0.4) is 0 Å². The number of rotatable bonds is 30. The molecule has 1 atom stereocenters. The van der Waals surface area contributed by atoms with Crippen LogP contribution < -0.4 is 25.3 Å². The third-order valence-corrected chi connectivity index (χ3v) is 15.8. The number of nitrogens with two attached hydrogens (primary N) is 1. The highest BCUT2D eigenvalue weighted by molar-refractivity contribution is 14.1. The van der Waals surface area contributed by atoms with Gasteiger partial charge in [-0.15, -0.1) is 0 Å². The van der Waals surface area contributed by atoms with Crippen LogP contribution in [0, 0.1) is 0 Å². The fourth-order valence-electron chi connectivity index (χ4n) is 9.54. The number of aryl methyl sites for hydroxylation is 4. The van der Waals surface area contributed by atoms with Gasteiger partial charge in [0.05, 0.1) is 38.6 Å². The van der Waals surface area contributed by atoms with Crippen molar-refractivity contribution in [3.63, 3.8) is 0 Å². The number of phenolic OH excluding ortho intramolecular Hbond substituents is 2. The van der Waals surface area contributed by atoms with Gasteiger partial charge in [0, 0.05) is 24.9 Å². The number of aromatic hydroxyl groups is 2. The molecule has 0 aliphatic carbocycles. The van der Waals surface area contributed by atoms with Crippen LogP contribution in [-0.2, 0) is 80.5 Å². The summed E-state index contributed by atoms with van der Waals surface area (Å²) in [5.74, 6) is 1.46. The van der Waals surface area contributed by atoms with E-state index in [1.54, 1.807) is 57.2 Å². The molecule has 0 aromatic heterocycles. The SMILES string of the molecule is CC1=NC(CO)(CCc2ccc(O)cc2)CO1.CCOC(=O)C(CCc1ccc(OCc2ccccc2)cc1)(NC(C)=O)C(=O)OCC.ICCc1ccc(OCc2ccccc2)cc1.NC(CO)(CO)CCc1ccc(OCc2ccccc2)cc1.OCCc1ccc(O)cc1. The van der Waals surface area contributed by atoms with Gasteiger partial charge in [-0.25, -0.2) is 14.6 Å². The minimum atomic E-state index is -1.89. The lowest BCUT2D eigenvalue weighted by Crippen LogP contribution is -2.61. The van der Waals surface area contributed by atoms with Crippen LogP contribution in [0.2, 0.25) is 0 Å². The molecule has 1 heterocycles. The molecular weight excluding hydrogens is 1350 g/mol. The smallest absolute Gasteiger partial charge is 0.343 e. The highest BCUT2D eigenvalue weighted by atomic mass is 127. The average molecular weight is 1440 g/mol. The Morgan fingerprint density at radius 3 is 1.21 bits per heavy atom. The highest BCUT2D eigenvalue weighted by Crippen LogP contribution is 2.27. The third kappa shape index (κ3) is 29.2. The van der Waals surface area contributed by atoms with Gasteiger partial charge in [0.25, 0.3) is 0 Å². The number of alkyl halides is 1. The van der Waals surface area contributed by atoms with Crippen molar-refractivity contribution in [3.8, 4) is 28.7 Å². The number of aliphatic hydroxyl groups is 4. The van der Waals surface area contributed by atoms with Gasteiger partial charge < -0.3 is 70.1 Å². The third-order valence-electron chi connectivity index (χ3n) is 15.3. The maximum absolute atomic E-state index is 12.7. The summed E-state index contributed by atoms with van der Waals surface area (Å²) in [5.41, 5.74) is 11.5. The van der Waals surface area contributed by atoms with Gasteiger partial charge in [0.1, 0.15) is 60.7 Å². The Morgan fingerprint density at radius 2 is 0.876 bits per heavy atom. The van der Waals surface area contributed by atoms with Crippen LogP contribution in [0.1, 0.15) is 91.5 Å². The average Bonchev–Trinajstić information content (AvgIpc) is 1.88. The van der Waals surface area contributed by atoms with E-state index in [0.29, 0.717) is 63.8 Å². The molecule has 518 valence electrons. The molecule has 0 saturated heterocycles. The Kier molecular flexibility index (Phi) is 35.3. The van der Waals surface area contributed by atoms with E-state index in [-0.39, 0.29) is 57.6 Å². The molecular formula is C78H94IN3O15. The number of hydrogen-bond acceptors (Lipinski definition) is 17. The number of carbonyl (C=O) groups excluding carboxylic acids is 3. The number of hydrogen-bond donors (Lipinski definition) is 8. The summed E-state index contributed by atoms with van der Waals surface area (Å²) in [6, 6.07) is 67.5. The molecule has 0 spiro atoms. The first-order valence-corrected chi connectivity index (χ1v) is 33.9. The van der Waals surface area contributed by atoms with E-state index >= 15 is 0 Å². The fourth-order valence-corrected chi connectivity index (χ4v) is 10.2. The zero-order valence-electron chi connectivity index (χ0n) is 55.9. The second kappa shape index (κ2) is 43.4. The first kappa shape index (κ1) is 78.9. The van der Waals surface area contributed by atoms with Crippen LogP contribution in [0.5, 0.6) is 28.7 Å². The molecule has 0 saturated carbocycles. The van der Waals surface area contributed by atoms with Crippen molar-refractivity contribution in [2.75, 3.05) is 50.7 Å². The molecule has 1 aliphatic rings. The number of ether oxygens (including phenoxy) is 6. The van der Waals surface area contributed by atoms with Crippen molar-refractivity contribution in [2.24, 2.45) is 10.7 Å². The van der Waals surface area contributed by atoms with Crippen molar-refractivity contribution in [3.05, 3.63) is 257 Å². The van der Waals surface area contributed by atoms with Gasteiger partial charge in [0.15, 0.2) is 5.90 Å². The van der Waals surface area contributed by atoms with Gasteiger partial charge in [-0.05, 0) is 170 Å². The maximum Gasteiger partial charge on any atom is 0.343 e. The van der Waals surface area contributed by atoms with Crippen molar-refractivity contribution in [1.82, 2.24) is 5.32 Å². The van der Waals surface area contributed by atoms with E-state index in [1.165, 1.54) is 18.1 Å². The van der Waals surface area contributed by atoms with Gasteiger partial charge in [-0.2, -0.15) is 0 Å². The van der Waals surface area contributed by atoms with E-state index in [2.05, 4.69) is 57.2 Å². The monoisotopic (exact) mass is 1440 g/mol. The quantitative estimate of drug-likeness (QED) is 0.00899. The summed E-state index contributed by atoms with van der Waals surface area (Å²) in [6.45, 7) is 8.27. The number of aliphatic imine (C=N–C) groups is 1. The number of phenols is 2. The molecule has 18 nitrogen and oxygen atoms in total. The summed E-state index contributed by atoms with van der Waals surface area (Å²) in [7, 11) is 0. The Balaban J connectivity index is 0.000000228. The standard InChI is InChI=1S/C24H29NO6.C18H23NO3.C15H15IO.C13H17NO3.C8H10O2/c1-4-29-22(27)24(25-18(3)26,23(28)30-5-2)16-15-19-11-13-21(14-12-19)31-17-20-9-7-6-8-10-20;19-18(13-20,14-21)11-10-15-6-8-17(9-7-15)22-12-16-4-2-1-3-5-16;16-11-10-13-6-8-15(9-7-13)17-12-14-4-2-1-3-5-14;1-10-14-13(8-15,9-17-10)7-6-11-2-4-12(16)5-3-11;9-6-5-7-1-3-8(10)4-2-7/h6-14H,4-5,15-17H2,1-3H3,(H,25,26);1-9,20-21H,10-14,19H2;1-9H,10-12H2;2-5,15-16H,6-9H2,1H3;1-4,9-10H,5-6H2. The van der Waals surface area contributed by atoms with Gasteiger partial charge in [-0.1, -0.05) is 174 Å². The lowest BCUT2D eigenvalue weighted by atomic mass is 9.90. The predicted octanol–water partition coefficient (Wildman–Crippen LogP) is 11.8. The summed E-state index contributed by atoms with van der Waals surface area (Å²) in [6.07, 6.45) is 4.92. The lowest BCUT2D eigenvalue weighted by molar-refractivity contribution is -0.168. The summed E-state index contributed by atoms with van der Waals surface area (Å²) in [5, 5.41) is 56.8. The minimum Gasteiger partial charge on any atom is -0.508 e. The Morgan fingerprint density at radius 1 is 0.515 bits per heavy atom. The minimum absolute atomic E-state index is 0.00240. The van der Waals surface area contributed by atoms with E-state index < -0.39 is 34.5 Å². The highest BCUT2D eigenvalue weighted by Gasteiger charge is 2.49. The maximum atomic E-state index is 12.7. The number of aliphatic hydroxyl groups excluding tert-OH is 4. The van der Waals surface area contributed by atoms with Crippen molar-refractivity contribution < 1.29 is 73.4 Å². The van der Waals surface area contributed by atoms with E-state index in [9.17, 15) is 34.8 Å². The van der Waals surface area contributed by atoms with Crippen molar-refractivity contribution in [2.45, 2.75) is 115 Å². The van der Waals surface area contributed by atoms with Crippen LogP contribution in [0.15, 0.2) is 217 Å². The van der Waals surface area contributed by atoms with Gasteiger partial charge in [0.2, 0.25) is 11.4 Å². The van der Waals surface area contributed by atoms with E-state index in [0.717, 1.165) is 68.6 Å². The largest absolute Gasteiger partial charge is 0.508 e. The topological polar surface area (TPSA) is 278 Å². The molecule has 9 rings (SSSR count). The molecule has 8 aromatic carbocycles. The van der Waals surface area contributed by atoms with Crippen molar-refractivity contribution >= 4 is 46.3 Å². The number of nitrogens with zero attached hydrogens (tertiary/aromatic N) is 1. The molecule has 9 N–H and O–H groups in total. The van der Waals surface area contributed by atoms with Crippen LogP contribution in [-0.4, -0.2) is 122 Å². The first-order chi connectivity index (χ1) is 46.9. The molecule has 1 amide bonds. The fraction of sp³-hybridized carbons (Fsp3) is 0.333. The van der Waals surface area contributed by atoms with Gasteiger partial charge >= 0.3 is 11.9 Å². The zero-order chi connectivity index (χ0) is 70.2. The second-order valence-corrected chi connectivity index (χ2v) is 24.1. The Labute approximate surface area is 584 Å². The summed E-state index contributed by atoms with van der Waals surface area (Å²) < 4.78 is 33.9. The molecule has 1 aliphatic heterocycles. The molecule has 0 bridgehead atoms. The molecule has 1 unspecified atom stereocenters. The Hall–Kier alpha value is -8.83. The lowest BCUT2D eigenvalue weighted by Gasteiger charge is -2.29. The van der Waals surface area contributed by atoms with E-state index in [1.807, 2.05) is 152 Å². The molecule has 97 heavy (non-hydrogen) atoms. The molecule has 8 aromatic rings. The van der Waals surface area contributed by atoms with E-state index in [4.69, 9.17) is 44.4 Å². The molecule has 0 radical (unpaired) electrons. The van der Waals surface area contributed by atoms with Gasteiger partial charge in [-0.3, -0.25) is 4.79 Å². The Bertz CT molecular complexity index is 3490. The summed E-state index contributed by atoms with van der Waals surface area (Å²) in [4.78, 5) is 41.5. The zero-order valence-corrected chi connectivity index (χ0v) is 58.1. The molecule has 19 heteroatoms. The first-order valence-electron chi connectivity index (χ1n) is 32.3. The number of halogens is 1. The number of amides is 1.